The van der Waals surface area contributed by atoms with Crippen LogP contribution < -0.4 is 10.2 Å². The number of hydrogen-bond donors (Lipinski definition) is 2. The van der Waals surface area contributed by atoms with Crippen LogP contribution in [0.1, 0.15) is 45.9 Å². The normalized spacial score (nSPS) is 14.3. The molecule has 6 nitrogen and oxygen atoms in total. The van der Waals surface area contributed by atoms with Crippen molar-refractivity contribution in [1.82, 2.24) is 15.3 Å². The van der Waals surface area contributed by atoms with Crippen LogP contribution in [0.2, 0.25) is 0 Å². The van der Waals surface area contributed by atoms with Crippen molar-refractivity contribution < 1.29 is 9.53 Å². The van der Waals surface area contributed by atoms with Gasteiger partial charge in [-0.15, -0.1) is 0 Å². The number of carbonyl (C=O) groups is 1. The van der Waals surface area contributed by atoms with Gasteiger partial charge in [0.2, 0.25) is 0 Å². The van der Waals surface area contributed by atoms with E-state index in [0.29, 0.717) is 19.6 Å². The average molecular weight is 385 g/mol. The monoisotopic (exact) mass is 384 g/mol. The minimum atomic E-state index is -0.367. The van der Waals surface area contributed by atoms with Crippen molar-refractivity contribution in [2.24, 2.45) is 5.41 Å². The molecule has 2 N–H and O–H groups in total. The Bertz CT molecular complexity index is 756. The van der Waals surface area contributed by atoms with Gasteiger partial charge < -0.3 is 19.9 Å². The number of H-pyrrole nitrogens is 1. The van der Waals surface area contributed by atoms with Crippen LogP contribution >= 0.6 is 0 Å². The maximum absolute atomic E-state index is 11.7. The molecule has 0 radical (unpaired) electrons. The summed E-state index contributed by atoms with van der Waals surface area (Å²) in [5.74, 6) is 0.855. The zero-order valence-electron chi connectivity index (χ0n) is 17.3. The van der Waals surface area contributed by atoms with Crippen LogP contribution in [0.5, 0.6) is 0 Å². The van der Waals surface area contributed by atoms with E-state index in [1.54, 1.807) is 0 Å². The lowest BCUT2D eigenvalue weighted by Crippen LogP contribution is -2.27. The number of aromatic nitrogens is 2. The summed E-state index contributed by atoms with van der Waals surface area (Å²) in [5.41, 5.74) is 3.57. The Labute approximate surface area is 167 Å². The van der Waals surface area contributed by atoms with Gasteiger partial charge in [0.05, 0.1) is 18.5 Å². The fraction of sp³-hybridized carbons (Fsp3) is 0.545. The Balaban J connectivity index is 1.43. The van der Waals surface area contributed by atoms with Gasteiger partial charge in [-0.2, -0.15) is 0 Å². The maximum atomic E-state index is 11.7. The van der Waals surface area contributed by atoms with Crippen molar-refractivity contribution in [1.29, 1.82) is 0 Å². The Morgan fingerprint density at radius 3 is 2.61 bits per heavy atom. The van der Waals surface area contributed by atoms with Crippen LogP contribution in [0, 0.1) is 5.41 Å². The van der Waals surface area contributed by atoms with E-state index < -0.39 is 0 Å². The summed E-state index contributed by atoms with van der Waals surface area (Å²) in [7, 11) is 0. The van der Waals surface area contributed by atoms with E-state index in [2.05, 4.69) is 65.2 Å². The molecule has 1 amide bonds. The molecule has 2 aromatic rings. The van der Waals surface area contributed by atoms with Gasteiger partial charge in [-0.05, 0) is 42.4 Å². The van der Waals surface area contributed by atoms with Crippen LogP contribution in [-0.4, -0.2) is 42.3 Å². The fourth-order valence-corrected chi connectivity index (χ4v) is 3.25. The number of nitrogens with zero attached hydrogens (tertiary/aromatic N) is 2. The molecule has 2 heterocycles. The molecular weight excluding hydrogens is 352 g/mol. The number of ether oxygens (including phenoxy) is 1. The van der Waals surface area contributed by atoms with Crippen molar-refractivity contribution in [2.75, 3.05) is 31.1 Å². The Morgan fingerprint density at radius 1 is 1.21 bits per heavy atom. The number of alkyl carbamates (subject to hydrolysis) is 1. The number of hydrogen-bond acceptors (Lipinski definition) is 4. The highest BCUT2D eigenvalue weighted by molar-refractivity contribution is 5.67. The molecule has 0 aliphatic carbocycles. The average Bonchev–Trinajstić information content (AvgIpc) is 3.33. The van der Waals surface area contributed by atoms with E-state index in [9.17, 15) is 4.79 Å². The van der Waals surface area contributed by atoms with E-state index in [1.807, 2.05) is 6.20 Å². The lowest BCUT2D eigenvalue weighted by Gasteiger charge is -2.17. The molecule has 3 rings (SSSR count). The molecule has 1 aliphatic rings. The summed E-state index contributed by atoms with van der Waals surface area (Å²) in [6.45, 7) is 9.62. The first-order chi connectivity index (χ1) is 13.4. The predicted molar refractivity (Wildman–Crippen MR) is 113 cm³/mol. The molecule has 0 saturated carbocycles. The van der Waals surface area contributed by atoms with E-state index >= 15 is 0 Å². The molecule has 152 valence electrons. The number of imidazole rings is 1. The summed E-state index contributed by atoms with van der Waals surface area (Å²) in [6.07, 6.45) is 5.53. The topological polar surface area (TPSA) is 70.2 Å². The van der Waals surface area contributed by atoms with Gasteiger partial charge in [0.1, 0.15) is 5.82 Å². The summed E-state index contributed by atoms with van der Waals surface area (Å²) >= 11 is 0. The Morgan fingerprint density at radius 2 is 1.93 bits per heavy atom. The summed E-state index contributed by atoms with van der Waals surface area (Å²) in [5, 5.41) is 2.78. The van der Waals surface area contributed by atoms with Crippen LogP contribution in [-0.2, 0) is 11.2 Å². The van der Waals surface area contributed by atoms with E-state index in [0.717, 1.165) is 36.6 Å². The Hall–Kier alpha value is -2.50. The molecule has 0 spiro atoms. The second-order valence-electron chi connectivity index (χ2n) is 8.61. The van der Waals surface area contributed by atoms with Gasteiger partial charge in [0.25, 0.3) is 0 Å². The molecular formula is C22H32N4O2. The van der Waals surface area contributed by atoms with Crippen molar-refractivity contribution >= 4 is 11.8 Å². The second-order valence-corrected chi connectivity index (χ2v) is 8.61. The lowest BCUT2D eigenvalue weighted by atomic mass is 9.93. The highest BCUT2D eigenvalue weighted by Crippen LogP contribution is 2.24. The minimum absolute atomic E-state index is 0.164. The van der Waals surface area contributed by atoms with Crippen molar-refractivity contribution in [3.05, 3.63) is 36.3 Å². The smallest absolute Gasteiger partial charge is 0.407 e. The first-order valence-electron chi connectivity index (χ1n) is 10.2. The summed E-state index contributed by atoms with van der Waals surface area (Å²) < 4.78 is 5.20. The third-order valence-corrected chi connectivity index (χ3v) is 4.99. The molecule has 1 fully saturated rings. The van der Waals surface area contributed by atoms with E-state index in [-0.39, 0.29) is 11.5 Å². The second kappa shape index (κ2) is 9.13. The highest BCUT2D eigenvalue weighted by Gasteiger charge is 2.13. The van der Waals surface area contributed by atoms with Crippen LogP contribution in [0.3, 0.4) is 0 Å². The first kappa shape index (κ1) is 20.2. The number of carbonyl (C=O) groups excluding carboxylic acids is 1. The van der Waals surface area contributed by atoms with Crippen molar-refractivity contribution in [3.63, 3.8) is 0 Å². The van der Waals surface area contributed by atoms with Crippen molar-refractivity contribution in [3.8, 4) is 11.3 Å². The molecule has 1 aliphatic heterocycles. The molecule has 28 heavy (non-hydrogen) atoms. The number of amides is 1. The molecule has 6 heteroatoms. The molecule has 0 atom stereocenters. The standard InChI is InChI=1S/C22H32N4O2/c1-22(2,3)11-15-28-21(27)23-12-10-20-24-16-19(25-20)17-6-8-18(9-7-17)26-13-4-5-14-26/h6-9,16H,4-5,10-15H2,1-3H3,(H,23,27)(H,24,25). The van der Waals surface area contributed by atoms with Gasteiger partial charge >= 0.3 is 6.09 Å². The molecule has 1 saturated heterocycles. The number of benzene rings is 1. The van der Waals surface area contributed by atoms with Crippen LogP contribution in [0.4, 0.5) is 10.5 Å². The summed E-state index contributed by atoms with van der Waals surface area (Å²) in [6, 6.07) is 8.62. The lowest BCUT2D eigenvalue weighted by molar-refractivity contribution is 0.131. The highest BCUT2D eigenvalue weighted by atomic mass is 16.5. The molecule has 1 aromatic carbocycles. The van der Waals surface area contributed by atoms with E-state index in [1.165, 1.54) is 18.5 Å². The van der Waals surface area contributed by atoms with Gasteiger partial charge in [0, 0.05) is 31.7 Å². The maximum Gasteiger partial charge on any atom is 0.407 e. The fourth-order valence-electron chi connectivity index (χ4n) is 3.25. The molecule has 1 aromatic heterocycles. The quantitative estimate of drug-likeness (QED) is 0.743. The zero-order valence-corrected chi connectivity index (χ0v) is 17.3. The molecule has 0 unspecified atom stereocenters. The number of nitrogens with one attached hydrogen (secondary N) is 2. The Kier molecular flexibility index (Phi) is 6.60. The molecule has 0 bridgehead atoms. The number of rotatable bonds is 7. The first-order valence-corrected chi connectivity index (χ1v) is 10.2. The third kappa shape index (κ3) is 6.01. The zero-order chi connectivity index (χ0) is 20.0. The predicted octanol–water partition coefficient (Wildman–Crippen LogP) is 4.38. The van der Waals surface area contributed by atoms with Gasteiger partial charge in [0.15, 0.2) is 0 Å². The number of anilines is 1. The van der Waals surface area contributed by atoms with Gasteiger partial charge in [-0.1, -0.05) is 32.9 Å². The third-order valence-electron chi connectivity index (χ3n) is 4.99. The van der Waals surface area contributed by atoms with Crippen molar-refractivity contribution in [2.45, 2.75) is 46.5 Å². The van der Waals surface area contributed by atoms with Gasteiger partial charge in [-0.25, -0.2) is 9.78 Å². The number of aromatic amines is 1. The minimum Gasteiger partial charge on any atom is -0.450 e. The summed E-state index contributed by atoms with van der Waals surface area (Å²) in [4.78, 5) is 21.9. The van der Waals surface area contributed by atoms with Crippen LogP contribution in [0.15, 0.2) is 30.5 Å². The van der Waals surface area contributed by atoms with Gasteiger partial charge in [-0.3, -0.25) is 0 Å². The van der Waals surface area contributed by atoms with Crippen LogP contribution in [0.25, 0.3) is 11.3 Å². The van der Waals surface area contributed by atoms with E-state index in [4.69, 9.17) is 4.74 Å². The SMILES string of the molecule is CC(C)(C)CCOC(=O)NCCc1ncc(-c2ccc(N3CCCC3)cc2)[nH]1. The largest absolute Gasteiger partial charge is 0.450 e.